The number of nitrogens with one attached hydrogen (secondary N) is 2. The molecule has 0 bridgehead atoms. The number of hydrogen-bond acceptors (Lipinski definition) is 3. The molecule has 1 aromatic carbocycles. The summed E-state index contributed by atoms with van der Waals surface area (Å²) >= 11 is 0. The van der Waals surface area contributed by atoms with E-state index in [0.717, 1.165) is 25.7 Å². The van der Waals surface area contributed by atoms with Crippen molar-refractivity contribution in [3.8, 4) is 0 Å². The van der Waals surface area contributed by atoms with Gasteiger partial charge in [-0.15, -0.1) is 0 Å². The maximum absolute atomic E-state index is 12.1. The molecule has 3 rings (SSSR count). The number of anilines is 2. The highest BCUT2D eigenvalue weighted by Gasteiger charge is 2.28. The Morgan fingerprint density at radius 1 is 1.13 bits per heavy atom. The Balaban J connectivity index is 1.64. The minimum atomic E-state index is -3.20. The largest absolute Gasteiger partial charge is 0.335 e. The highest BCUT2D eigenvalue weighted by Crippen LogP contribution is 2.26. The minimum Gasteiger partial charge on any atom is -0.335 e. The van der Waals surface area contributed by atoms with Gasteiger partial charge in [0.15, 0.2) is 0 Å². The van der Waals surface area contributed by atoms with E-state index in [1.165, 1.54) is 10.7 Å². The van der Waals surface area contributed by atoms with Crippen molar-refractivity contribution in [1.29, 1.82) is 0 Å². The second-order valence-corrected chi connectivity index (χ2v) is 8.24. The van der Waals surface area contributed by atoms with Crippen LogP contribution in [0.15, 0.2) is 24.3 Å². The summed E-state index contributed by atoms with van der Waals surface area (Å²) in [4.78, 5) is 12.1. The molecule has 0 atom stereocenters. The first-order valence-corrected chi connectivity index (χ1v) is 9.83. The lowest BCUT2D eigenvalue weighted by molar-refractivity contribution is 0.244. The number of urea groups is 1. The monoisotopic (exact) mass is 337 g/mol. The molecule has 1 aliphatic heterocycles. The van der Waals surface area contributed by atoms with Crippen LogP contribution in [0.25, 0.3) is 0 Å². The summed E-state index contributed by atoms with van der Waals surface area (Å²) in [7, 11) is -3.20. The van der Waals surface area contributed by atoms with Crippen LogP contribution >= 0.6 is 0 Å². The van der Waals surface area contributed by atoms with Crippen LogP contribution < -0.4 is 14.9 Å². The Bertz CT molecular complexity index is 669. The van der Waals surface area contributed by atoms with E-state index in [1.54, 1.807) is 24.3 Å². The van der Waals surface area contributed by atoms with E-state index in [4.69, 9.17) is 0 Å². The molecule has 2 amide bonds. The molecule has 1 heterocycles. The molecule has 7 heteroatoms. The summed E-state index contributed by atoms with van der Waals surface area (Å²) in [5, 5.41) is 5.80. The van der Waals surface area contributed by atoms with Gasteiger partial charge in [0, 0.05) is 18.3 Å². The number of carbonyl (C=O) groups is 1. The summed E-state index contributed by atoms with van der Waals surface area (Å²) in [6.45, 7) is 0.500. The average molecular weight is 337 g/mol. The van der Waals surface area contributed by atoms with Gasteiger partial charge in [0.2, 0.25) is 10.0 Å². The van der Waals surface area contributed by atoms with E-state index >= 15 is 0 Å². The number of hydrogen-bond donors (Lipinski definition) is 2. The Morgan fingerprint density at radius 2 is 1.91 bits per heavy atom. The van der Waals surface area contributed by atoms with Crippen molar-refractivity contribution in [2.45, 2.75) is 44.6 Å². The molecule has 6 nitrogen and oxygen atoms in total. The highest BCUT2D eigenvalue weighted by atomic mass is 32.2. The molecule has 126 valence electrons. The lowest BCUT2D eigenvalue weighted by Crippen LogP contribution is -2.39. The maximum Gasteiger partial charge on any atom is 0.319 e. The Hall–Kier alpha value is -1.76. The van der Waals surface area contributed by atoms with Crippen LogP contribution in [-0.4, -0.2) is 32.8 Å². The van der Waals surface area contributed by atoms with Crippen molar-refractivity contribution in [3.63, 3.8) is 0 Å². The second-order valence-electron chi connectivity index (χ2n) is 6.23. The molecule has 1 saturated carbocycles. The van der Waals surface area contributed by atoms with E-state index in [2.05, 4.69) is 10.6 Å². The Morgan fingerprint density at radius 3 is 2.61 bits per heavy atom. The zero-order valence-corrected chi connectivity index (χ0v) is 13.9. The van der Waals surface area contributed by atoms with Crippen LogP contribution in [0.3, 0.4) is 0 Å². The van der Waals surface area contributed by atoms with Crippen molar-refractivity contribution in [3.05, 3.63) is 24.3 Å². The van der Waals surface area contributed by atoms with Crippen molar-refractivity contribution in [1.82, 2.24) is 5.32 Å². The van der Waals surface area contributed by atoms with E-state index in [0.29, 0.717) is 24.3 Å². The van der Waals surface area contributed by atoms with Gasteiger partial charge in [0.1, 0.15) is 0 Å². The topological polar surface area (TPSA) is 78.5 Å². The molecule has 2 N–H and O–H groups in total. The SMILES string of the molecule is O=C(Nc1cccc(N2CCCS2(=O)=O)c1)NC1CCCCC1. The molecule has 2 aliphatic rings. The van der Waals surface area contributed by atoms with Gasteiger partial charge in [-0.1, -0.05) is 25.3 Å². The number of benzene rings is 1. The quantitative estimate of drug-likeness (QED) is 0.890. The van der Waals surface area contributed by atoms with E-state index < -0.39 is 10.0 Å². The summed E-state index contributed by atoms with van der Waals surface area (Å²) in [5.74, 6) is 0.187. The summed E-state index contributed by atoms with van der Waals surface area (Å²) < 4.78 is 25.4. The van der Waals surface area contributed by atoms with E-state index in [-0.39, 0.29) is 17.8 Å². The van der Waals surface area contributed by atoms with Gasteiger partial charge in [-0.2, -0.15) is 0 Å². The molecule has 2 fully saturated rings. The predicted molar refractivity (Wildman–Crippen MR) is 91.2 cm³/mol. The van der Waals surface area contributed by atoms with Gasteiger partial charge in [0.05, 0.1) is 11.4 Å². The lowest BCUT2D eigenvalue weighted by Gasteiger charge is -2.23. The smallest absolute Gasteiger partial charge is 0.319 e. The van der Waals surface area contributed by atoms with Gasteiger partial charge >= 0.3 is 6.03 Å². The number of nitrogens with zero attached hydrogens (tertiary/aromatic N) is 1. The lowest BCUT2D eigenvalue weighted by atomic mass is 9.96. The first-order valence-electron chi connectivity index (χ1n) is 8.23. The molecule has 23 heavy (non-hydrogen) atoms. The molecular weight excluding hydrogens is 314 g/mol. The minimum absolute atomic E-state index is 0.187. The highest BCUT2D eigenvalue weighted by molar-refractivity contribution is 7.93. The molecule has 1 aromatic rings. The van der Waals surface area contributed by atoms with Crippen LogP contribution in [0.2, 0.25) is 0 Å². The summed E-state index contributed by atoms with van der Waals surface area (Å²) in [6.07, 6.45) is 6.26. The van der Waals surface area contributed by atoms with Crippen molar-refractivity contribution >= 4 is 27.4 Å². The molecule has 0 spiro atoms. The van der Waals surface area contributed by atoms with Gasteiger partial charge in [-0.05, 0) is 37.5 Å². The third-order valence-corrected chi connectivity index (χ3v) is 6.30. The van der Waals surface area contributed by atoms with Crippen molar-refractivity contribution in [2.75, 3.05) is 21.9 Å². The fourth-order valence-corrected chi connectivity index (χ4v) is 4.82. The average Bonchev–Trinajstić information content (AvgIpc) is 2.88. The van der Waals surface area contributed by atoms with Crippen LogP contribution in [0.1, 0.15) is 38.5 Å². The zero-order chi connectivity index (χ0) is 16.3. The Kier molecular flexibility index (Phi) is 4.75. The third kappa shape index (κ3) is 3.96. The maximum atomic E-state index is 12.1. The molecule has 1 aliphatic carbocycles. The first kappa shape index (κ1) is 16.1. The van der Waals surface area contributed by atoms with Gasteiger partial charge < -0.3 is 10.6 Å². The van der Waals surface area contributed by atoms with Crippen molar-refractivity contribution < 1.29 is 13.2 Å². The number of sulfonamides is 1. The van der Waals surface area contributed by atoms with Crippen LogP contribution in [0.5, 0.6) is 0 Å². The normalized spacial score (nSPS) is 21.1. The number of carbonyl (C=O) groups excluding carboxylic acids is 1. The van der Waals surface area contributed by atoms with Gasteiger partial charge in [0.25, 0.3) is 0 Å². The molecule has 1 saturated heterocycles. The fraction of sp³-hybridized carbons (Fsp3) is 0.562. The summed E-state index contributed by atoms with van der Waals surface area (Å²) in [6, 6.07) is 7.02. The predicted octanol–water partition coefficient (Wildman–Crippen LogP) is 2.68. The Labute approximate surface area is 137 Å². The van der Waals surface area contributed by atoms with Crippen LogP contribution in [-0.2, 0) is 10.0 Å². The molecule has 0 radical (unpaired) electrons. The standard InChI is InChI=1S/C16H23N3O3S/c20-16(17-13-6-2-1-3-7-13)18-14-8-4-9-15(12-14)19-10-5-11-23(19,21)22/h4,8-9,12-13H,1-3,5-7,10-11H2,(H2,17,18,20). The van der Waals surface area contributed by atoms with Crippen molar-refractivity contribution in [2.24, 2.45) is 0 Å². The zero-order valence-electron chi connectivity index (χ0n) is 13.1. The second kappa shape index (κ2) is 6.78. The number of rotatable bonds is 3. The number of amides is 2. The van der Waals surface area contributed by atoms with Gasteiger partial charge in [-0.25, -0.2) is 13.2 Å². The molecule has 0 aromatic heterocycles. The summed E-state index contributed by atoms with van der Waals surface area (Å²) in [5.41, 5.74) is 1.22. The third-order valence-electron chi connectivity index (χ3n) is 4.43. The fourth-order valence-electron chi connectivity index (χ4n) is 3.27. The molecular formula is C16H23N3O3S. The van der Waals surface area contributed by atoms with E-state index in [9.17, 15) is 13.2 Å². The van der Waals surface area contributed by atoms with E-state index in [1.807, 2.05) is 0 Å². The van der Waals surface area contributed by atoms with Crippen LogP contribution in [0, 0.1) is 0 Å². The molecule has 0 unspecified atom stereocenters. The van der Waals surface area contributed by atoms with Crippen LogP contribution in [0.4, 0.5) is 16.2 Å². The van der Waals surface area contributed by atoms with Gasteiger partial charge in [-0.3, -0.25) is 4.31 Å². The first-order chi connectivity index (χ1) is 11.0.